The summed E-state index contributed by atoms with van der Waals surface area (Å²) in [6.07, 6.45) is 0.837. The van der Waals surface area contributed by atoms with Gasteiger partial charge < -0.3 is 15.5 Å². The van der Waals surface area contributed by atoms with Crippen LogP contribution in [0.1, 0.15) is 6.42 Å². The van der Waals surface area contributed by atoms with Crippen molar-refractivity contribution in [1.29, 1.82) is 0 Å². The maximum absolute atomic E-state index is 11.3. The second-order valence-corrected chi connectivity index (χ2v) is 5.93. The van der Waals surface area contributed by atoms with Crippen molar-refractivity contribution < 1.29 is 9.59 Å². The van der Waals surface area contributed by atoms with Crippen molar-refractivity contribution in [3.8, 4) is 0 Å². The number of nitrogens with one attached hydrogen (secondary N) is 2. The van der Waals surface area contributed by atoms with E-state index >= 15 is 0 Å². The van der Waals surface area contributed by atoms with Gasteiger partial charge in [0.05, 0.1) is 0 Å². The molecule has 0 unspecified atom stereocenters. The van der Waals surface area contributed by atoms with Gasteiger partial charge in [0.25, 0.3) is 0 Å². The van der Waals surface area contributed by atoms with Crippen LogP contribution in [0.4, 0.5) is 5.69 Å². The third kappa shape index (κ3) is 5.41. The predicted octanol–water partition coefficient (Wildman–Crippen LogP) is 0.714. The maximum Gasteiger partial charge on any atom is 0.309 e. The summed E-state index contributed by atoms with van der Waals surface area (Å²) in [5.41, 5.74) is 1.20. The number of carbonyl (C=O) groups excluding carboxylic acids is 2. The van der Waals surface area contributed by atoms with Crippen molar-refractivity contribution in [2.75, 3.05) is 51.2 Å². The molecule has 0 spiro atoms. The average molecular weight is 339 g/mol. The number of rotatable bonds is 5. The topological polar surface area (TPSA) is 64.7 Å². The summed E-state index contributed by atoms with van der Waals surface area (Å²) in [5, 5.41) is 5.67. The number of hydrogen-bond acceptors (Lipinski definition) is 4. The number of likely N-dealkylation sites (N-methyl/N-ethyl adjacent to an activating group) is 1. The largest absolute Gasteiger partial charge is 0.369 e. The molecule has 1 heterocycles. The summed E-state index contributed by atoms with van der Waals surface area (Å²) in [6, 6.07) is 7.93. The molecule has 0 aliphatic carbocycles. The Hall–Kier alpha value is -1.79. The average Bonchev–Trinajstić information content (AvgIpc) is 2.59. The third-order valence-corrected chi connectivity index (χ3v) is 4.19. The molecule has 0 bridgehead atoms. The Labute approximate surface area is 141 Å². The minimum Gasteiger partial charge on any atom is -0.369 e. The normalized spacial score (nSPS) is 15.3. The highest BCUT2D eigenvalue weighted by Gasteiger charge is 2.17. The van der Waals surface area contributed by atoms with Crippen molar-refractivity contribution in [3.05, 3.63) is 29.3 Å². The molecule has 1 fully saturated rings. The highest BCUT2D eigenvalue weighted by Crippen LogP contribution is 2.19. The SMILES string of the molecule is CNC(=O)C(=O)NCCCN1CCN(c2ccc(Cl)cc2)CC1. The fourth-order valence-corrected chi connectivity index (χ4v) is 2.71. The number of benzene rings is 1. The van der Waals surface area contributed by atoms with Crippen molar-refractivity contribution >= 4 is 29.1 Å². The van der Waals surface area contributed by atoms with E-state index in [0.29, 0.717) is 6.54 Å². The lowest BCUT2D eigenvalue weighted by atomic mass is 10.2. The summed E-state index contributed by atoms with van der Waals surface area (Å²) < 4.78 is 0. The van der Waals surface area contributed by atoms with Crippen LogP contribution in [0, 0.1) is 0 Å². The predicted molar refractivity (Wildman–Crippen MR) is 91.8 cm³/mol. The van der Waals surface area contributed by atoms with E-state index in [1.54, 1.807) is 0 Å². The van der Waals surface area contributed by atoms with E-state index in [0.717, 1.165) is 44.2 Å². The Balaban J connectivity index is 1.64. The zero-order valence-corrected chi connectivity index (χ0v) is 14.1. The Morgan fingerprint density at radius 2 is 1.74 bits per heavy atom. The fourth-order valence-electron chi connectivity index (χ4n) is 2.58. The molecule has 2 amide bonds. The number of carbonyl (C=O) groups is 2. The molecule has 1 aliphatic rings. The second kappa shape index (κ2) is 8.74. The van der Waals surface area contributed by atoms with E-state index < -0.39 is 11.8 Å². The molecule has 7 heteroatoms. The van der Waals surface area contributed by atoms with Gasteiger partial charge in [0, 0.05) is 50.5 Å². The molecule has 0 radical (unpaired) electrons. The molecule has 1 aliphatic heterocycles. The number of amides is 2. The molecule has 1 aromatic rings. The molecule has 6 nitrogen and oxygen atoms in total. The van der Waals surface area contributed by atoms with Gasteiger partial charge in [-0.1, -0.05) is 11.6 Å². The van der Waals surface area contributed by atoms with E-state index in [4.69, 9.17) is 11.6 Å². The maximum atomic E-state index is 11.3. The molecule has 2 N–H and O–H groups in total. The van der Waals surface area contributed by atoms with Gasteiger partial charge in [-0.25, -0.2) is 0 Å². The van der Waals surface area contributed by atoms with Crippen LogP contribution < -0.4 is 15.5 Å². The number of nitrogens with zero attached hydrogens (tertiary/aromatic N) is 2. The van der Waals surface area contributed by atoms with E-state index in [1.165, 1.54) is 12.7 Å². The molecule has 0 atom stereocenters. The van der Waals surface area contributed by atoms with Crippen LogP contribution in [0.5, 0.6) is 0 Å². The number of halogens is 1. The first-order valence-electron chi connectivity index (χ1n) is 7.83. The minimum absolute atomic E-state index is 0.518. The van der Waals surface area contributed by atoms with Gasteiger partial charge in [0.15, 0.2) is 0 Å². The monoisotopic (exact) mass is 338 g/mol. The molecule has 2 rings (SSSR count). The molecular weight excluding hydrogens is 316 g/mol. The Kier molecular flexibility index (Phi) is 6.67. The summed E-state index contributed by atoms with van der Waals surface area (Å²) in [7, 11) is 1.45. The van der Waals surface area contributed by atoms with E-state index in [1.807, 2.05) is 24.3 Å². The number of hydrogen-bond donors (Lipinski definition) is 2. The van der Waals surface area contributed by atoms with Gasteiger partial charge in [-0.2, -0.15) is 0 Å². The van der Waals surface area contributed by atoms with E-state index in [-0.39, 0.29) is 0 Å². The zero-order valence-electron chi connectivity index (χ0n) is 13.3. The smallest absolute Gasteiger partial charge is 0.309 e. The third-order valence-electron chi connectivity index (χ3n) is 3.93. The zero-order chi connectivity index (χ0) is 16.7. The van der Waals surface area contributed by atoms with Crippen LogP contribution in [0.15, 0.2) is 24.3 Å². The lowest BCUT2D eigenvalue weighted by molar-refractivity contribution is -0.138. The first kappa shape index (κ1) is 17.6. The quantitative estimate of drug-likeness (QED) is 0.613. The van der Waals surface area contributed by atoms with Crippen LogP contribution in [0.3, 0.4) is 0 Å². The first-order valence-corrected chi connectivity index (χ1v) is 8.20. The number of anilines is 1. The Morgan fingerprint density at radius 3 is 2.35 bits per heavy atom. The molecule has 1 aromatic carbocycles. The minimum atomic E-state index is -0.596. The van der Waals surface area contributed by atoms with Crippen molar-refractivity contribution in [3.63, 3.8) is 0 Å². The van der Waals surface area contributed by atoms with Crippen LogP contribution in [0.25, 0.3) is 0 Å². The van der Waals surface area contributed by atoms with Crippen LogP contribution >= 0.6 is 11.6 Å². The highest BCUT2D eigenvalue weighted by atomic mass is 35.5. The van der Waals surface area contributed by atoms with E-state index in [9.17, 15) is 9.59 Å². The number of piperazine rings is 1. The van der Waals surface area contributed by atoms with Crippen molar-refractivity contribution in [2.45, 2.75) is 6.42 Å². The fraction of sp³-hybridized carbons (Fsp3) is 0.500. The van der Waals surface area contributed by atoms with Gasteiger partial charge in [-0.3, -0.25) is 14.5 Å². The van der Waals surface area contributed by atoms with Gasteiger partial charge >= 0.3 is 11.8 Å². The van der Waals surface area contributed by atoms with Crippen LogP contribution in [0.2, 0.25) is 5.02 Å². The molecule has 0 saturated carbocycles. The van der Waals surface area contributed by atoms with Crippen molar-refractivity contribution in [1.82, 2.24) is 15.5 Å². The molecule has 23 heavy (non-hydrogen) atoms. The summed E-state index contributed by atoms with van der Waals surface area (Å²) in [5.74, 6) is -1.17. The van der Waals surface area contributed by atoms with Gasteiger partial charge in [-0.05, 0) is 37.2 Å². The molecule has 0 aromatic heterocycles. The molecule has 126 valence electrons. The van der Waals surface area contributed by atoms with Crippen molar-refractivity contribution in [2.24, 2.45) is 0 Å². The second-order valence-electron chi connectivity index (χ2n) is 5.49. The summed E-state index contributed by atoms with van der Waals surface area (Å²) >= 11 is 5.91. The lowest BCUT2D eigenvalue weighted by Gasteiger charge is -2.36. The lowest BCUT2D eigenvalue weighted by Crippen LogP contribution is -2.47. The first-order chi connectivity index (χ1) is 11.1. The Bertz CT molecular complexity index is 527. The van der Waals surface area contributed by atoms with Gasteiger partial charge in [0.2, 0.25) is 0 Å². The summed E-state index contributed by atoms with van der Waals surface area (Å²) in [4.78, 5) is 27.1. The van der Waals surface area contributed by atoms with Gasteiger partial charge in [-0.15, -0.1) is 0 Å². The van der Waals surface area contributed by atoms with E-state index in [2.05, 4.69) is 20.4 Å². The molecular formula is C16H23ClN4O2. The highest BCUT2D eigenvalue weighted by molar-refractivity contribution is 6.35. The van der Waals surface area contributed by atoms with Crippen LogP contribution in [-0.4, -0.2) is 63.0 Å². The molecule has 1 saturated heterocycles. The Morgan fingerprint density at radius 1 is 1.09 bits per heavy atom. The standard InChI is InChI=1S/C16H23ClN4O2/c1-18-15(22)16(23)19-7-2-8-20-9-11-21(12-10-20)14-5-3-13(17)4-6-14/h3-6H,2,7-12H2,1H3,(H,18,22)(H,19,23). The van der Waals surface area contributed by atoms with Crippen LogP contribution in [-0.2, 0) is 9.59 Å². The van der Waals surface area contributed by atoms with Gasteiger partial charge in [0.1, 0.15) is 0 Å². The summed E-state index contributed by atoms with van der Waals surface area (Å²) in [6.45, 7) is 5.38.